The third-order valence-corrected chi connectivity index (χ3v) is 3.76. The van der Waals surface area contributed by atoms with Crippen LogP contribution in [0.4, 0.5) is 14.5 Å². The van der Waals surface area contributed by atoms with E-state index in [1.807, 2.05) is 19.0 Å². The summed E-state index contributed by atoms with van der Waals surface area (Å²) in [7, 11) is 4.09. The number of nitrogens with zero attached hydrogens (tertiary/aromatic N) is 3. The number of hydrogen-bond acceptors (Lipinski definition) is 3. The van der Waals surface area contributed by atoms with Crippen LogP contribution in [-0.4, -0.2) is 38.6 Å². The van der Waals surface area contributed by atoms with Gasteiger partial charge in [-0.2, -0.15) is 5.26 Å². The van der Waals surface area contributed by atoms with Crippen LogP contribution < -0.4 is 4.90 Å². The van der Waals surface area contributed by atoms with Gasteiger partial charge in [0.05, 0.1) is 11.3 Å². The van der Waals surface area contributed by atoms with Gasteiger partial charge < -0.3 is 9.80 Å². The minimum absolute atomic E-state index is 0.242. The SMILES string of the molecule is CN(C)CC1CCN(c2ccc(C#N)c(F)c2F)CC1. The highest BCUT2D eigenvalue weighted by atomic mass is 19.2. The molecule has 0 aliphatic carbocycles. The van der Waals surface area contributed by atoms with Gasteiger partial charge in [-0.15, -0.1) is 0 Å². The van der Waals surface area contributed by atoms with Crippen LogP contribution in [0.3, 0.4) is 0 Å². The maximum atomic E-state index is 14.0. The van der Waals surface area contributed by atoms with Crippen molar-refractivity contribution >= 4 is 5.69 Å². The lowest BCUT2D eigenvalue weighted by Gasteiger charge is -2.34. The fourth-order valence-corrected chi connectivity index (χ4v) is 2.74. The maximum absolute atomic E-state index is 14.0. The van der Waals surface area contributed by atoms with E-state index < -0.39 is 11.6 Å². The van der Waals surface area contributed by atoms with Crippen molar-refractivity contribution in [2.75, 3.05) is 38.6 Å². The average molecular weight is 279 g/mol. The minimum Gasteiger partial charge on any atom is -0.369 e. The Morgan fingerprint density at radius 1 is 1.25 bits per heavy atom. The molecule has 108 valence electrons. The van der Waals surface area contributed by atoms with Crippen LogP contribution in [-0.2, 0) is 0 Å². The Morgan fingerprint density at radius 3 is 2.45 bits per heavy atom. The van der Waals surface area contributed by atoms with E-state index >= 15 is 0 Å². The number of halogens is 2. The van der Waals surface area contributed by atoms with Crippen LogP contribution >= 0.6 is 0 Å². The summed E-state index contributed by atoms with van der Waals surface area (Å²) in [6, 6.07) is 4.51. The minimum atomic E-state index is -1.04. The average Bonchev–Trinajstić information content (AvgIpc) is 2.42. The molecule has 0 amide bonds. The molecule has 0 saturated carbocycles. The third-order valence-electron chi connectivity index (χ3n) is 3.76. The van der Waals surface area contributed by atoms with E-state index in [1.165, 1.54) is 12.1 Å². The van der Waals surface area contributed by atoms with Gasteiger partial charge in [-0.25, -0.2) is 8.78 Å². The summed E-state index contributed by atoms with van der Waals surface area (Å²) in [6.45, 7) is 2.47. The van der Waals surface area contributed by atoms with E-state index in [9.17, 15) is 8.78 Å². The number of rotatable bonds is 3. The first kappa shape index (κ1) is 14.7. The van der Waals surface area contributed by atoms with E-state index in [-0.39, 0.29) is 11.3 Å². The van der Waals surface area contributed by atoms with Crippen molar-refractivity contribution in [1.82, 2.24) is 4.90 Å². The zero-order chi connectivity index (χ0) is 14.7. The number of benzene rings is 1. The van der Waals surface area contributed by atoms with E-state index in [4.69, 9.17) is 5.26 Å². The first-order valence-electron chi connectivity index (χ1n) is 6.80. The van der Waals surface area contributed by atoms with Crippen LogP contribution in [0.15, 0.2) is 12.1 Å². The van der Waals surface area contributed by atoms with Gasteiger partial charge in [0, 0.05) is 19.6 Å². The first-order valence-corrected chi connectivity index (χ1v) is 6.80. The van der Waals surface area contributed by atoms with Crippen molar-refractivity contribution in [3.8, 4) is 6.07 Å². The molecular weight excluding hydrogens is 260 g/mol. The summed E-state index contributed by atoms with van der Waals surface area (Å²) in [4.78, 5) is 4.02. The van der Waals surface area contributed by atoms with E-state index in [1.54, 1.807) is 6.07 Å². The molecule has 0 N–H and O–H groups in total. The number of piperidine rings is 1. The Kier molecular flexibility index (Phi) is 4.56. The highest BCUT2D eigenvalue weighted by Crippen LogP contribution is 2.28. The summed E-state index contributed by atoms with van der Waals surface area (Å²) in [5.41, 5.74) is 0.0264. The van der Waals surface area contributed by atoms with Crippen molar-refractivity contribution in [1.29, 1.82) is 5.26 Å². The molecule has 0 bridgehead atoms. The molecule has 0 atom stereocenters. The van der Waals surface area contributed by atoms with Gasteiger partial charge >= 0.3 is 0 Å². The van der Waals surface area contributed by atoms with Crippen molar-refractivity contribution in [2.24, 2.45) is 5.92 Å². The van der Waals surface area contributed by atoms with E-state index in [0.29, 0.717) is 5.92 Å². The van der Waals surface area contributed by atoms with Crippen molar-refractivity contribution in [2.45, 2.75) is 12.8 Å². The van der Waals surface area contributed by atoms with Crippen molar-refractivity contribution < 1.29 is 8.78 Å². The van der Waals surface area contributed by atoms with Gasteiger partial charge in [-0.05, 0) is 45.0 Å². The van der Waals surface area contributed by atoms with E-state index in [0.717, 1.165) is 32.5 Å². The number of hydrogen-bond donors (Lipinski definition) is 0. The predicted molar refractivity (Wildman–Crippen MR) is 74.6 cm³/mol. The van der Waals surface area contributed by atoms with Gasteiger partial charge in [0.25, 0.3) is 0 Å². The van der Waals surface area contributed by atoms with Gasteiger partial charge in [0.15, 0.2) is 11.6 Å². The summed E-state index contributed by atoms with van der Waals surface area (Å²) in [5, 5.41) is 8.69. The standard InChI is InChI=1S/C15H19F2N3/c1-19(2)10-11-5-7-20(8-6-11)13-4-3-12(9-18)14(16)15(13)17/h3-4,11H,5-8,10H2,1-2H3. The molecule has 1 aromatic rings. The number of anilines is 1. The van der Waals surface area contributed by atoms with Crippen LogP contribution in [0, 0.1) is 28.9 Å². The van der Waals surface area contributed by atoms with E-state index in [2.05, 4.69) is 4.90 Å². The third kappa shape index (κ3) is 3.07. The fourth-order valence-electron chi connectivity index (χ4n) is 2.74. The van der Waals surface area contributed by atoms with Crippen LogP contribution in [0.25, 0.3) is 0 Å². The largest absolute Gasteiger partial charge is 0.369 e. The Labute approximate surface area is 118 Å². The molecule has 3 nitrogen and oxygen atoms in total. The monoisotopic (exact) mass is 279 g/mol. The smallest absolute Gasteiger partial charge is 0.183 e. The van der Waals surface area contributed by atoms with Gasteiger partial charge in [-0.3, -0.25) is 0 Å². The Morgan fingerprint density at radius 2 is 1.90 bits per heavy atom. The Hall–Kier alpha value is -1.67. The second-order valence-electron chi connectivity index (χ2n) is 5.56. The second kappa shape index (κ2) is 6.19. The molecule has 1 heterocycles. The Balaban J connectivity index is 2.08. The summed E-state index contributed by atoms with van der Waals surface area (Å²) >= 11 is 0. The zero-order valence-corrected chi connectivity index (χ0v) is 11.9. The van der Waals surface area contributed by atoms with Gasteiger partial charge in [0.1, 0.15) is 6.07 Å². The lowest BCUT2D eigenvalue weighted by atomic mass is 9.96. The topological polar surface area (TPSA) is 30.3 Å². The molecule has 1 fully saturated rings. The van der Waals surface area contributed by atoms with Crippen molar-refractivity contribution in [3.63, 3.8) is 0 Å². The van der Waals surface area contributed by atoms with Gasteiger partial charge in [0.2, 0.25) is 0 Å². The summed E-state index contributed by atoms with van der Waals surface area (Å²) in [6.07, 6.45) is 1.94. The molecule has 2 rings (SSSR count). The molecule has 0 spiro atoms. The molecule has 1 aliphatic heterocycles. The lowest BCUT2D eigenvalue weighted by Crippen LogP contribution is -2.37. The van der Waals surface area contributed by atoms with Crippen LogP contribution in [0.2, 0.25) is 0 Å². The predicted octanol–water partition coefficient (Wildman–Crippen LogP) is 2.61. The molecule has 1 aliphatic rings. The summed E-state index contributed by atoms with van der Waals surface area (Å²) in [5.74, 6) is -1.34. The second-order valence-corrected chi connectivity index (χ2v) is 5.56. The highest BCUT2D eigenvalue weighted by molar-refractivity contribution is 5.52. The number of nitriles is 1. The normalized spacial score (nSPS) is 16.5. The van der Waals surface area contributed by atoms with Crippen LogP contribution in [0.1, 0.15) is 18.4 Å². The maximum Gasteiger partial charge on any atom is 0.183 e. The first-order chi connectivity index (χ1) is 9.52. The Bertz CT molecular complexity index is 515. The molecule has 0 aromatic heterocycles. The molecular formula is C15H19F2N3. The van der Waals surface area contributed by atoms with Crippen molar-refractivity contribution in [3.05, 3.63) is 29.3 Å². The molecule has 0 unspecified atom stereocenters. The highest BCUT2D eigenvalue weighted by Gasteiger charge is 2.23. The molecule has 1 saturated heterocycles. The molecule has 0 radical (unpaired) electrons. The fraction of sp³-hybridized carbons (Fsp3) is 0.533. The molecule has 1 aromatic carbocycles. The quantitative estimate of drug-likeness (QED) is 0.852. The molecule has 20 heavy (non-hydrogen) atoms. The van der Waals surface area contributed by atoms with Gasteiger partial charge in [-0.1, -0.05) is 0 Å². The molecule has 5 heteroatoms. The van der Waals surface area contributed by atoms with Crippen LogP contribution in [0.5, 0.6) is 0 Å². The lowest BCUT2D eigenvalue weighted by molar-refractivity contribution is 0.284. The zero-order valence-electron chi connectivity index (χ0n) is 11.9. The summed E-state index contributed by atoms with van der Waals surface area (Å²) < 4.78 is 27.6.